The Labute approximate surface area is 118 Å². The summed E-state index contributed by atoms with van der Waals surface area (Å²) in [4.78, 5) is 16.4. The second-order valence-corrected chi connectivity index (χ2v) is 6.53. The van der Waals surface area contributed by atoms with E-state index in [0.29, 0.717) is 6.54 Å². The van der Waals surface area contributed by atoms with Gasteiger partial charge in [0.05, 0.1) is 6.54 Å². The normalized spacial score (nSPS) is 26.6. The highest BCUT2D eigenvalue weighted by molar-refractivity contribution is 7.07. The van der Waals surface area contributed by atoms with Crippen molar-refractivity contribution in [3.8, 4) is 0 Å². The molecule has 104 valence electrons. The van der Waals surface area contributed by atoms with Gasteiger partial charge in [0.2, 0.25) is 5.91 Å². The molecular weight excluding hydrogens is 258 g/mol. The summed E-state index contributed by atoms with van der Waals surface area (Å²) in [6.45, 7) is 5.71. The van der Waals surface area contributed by atoms with Gasteiger partial charge >= 0.3 is 0 Å². The van der Waals surface area contributed by atoms with Gasteiger partial charge in [-0.05, 0) is 47.3 Å². The molecule has 1 N–H and O–H groups in total. The van der Waals surface area contributed by atoms with E-state index in [9.17, 15) is 4.79 Å². The van der Waals surface area contributed by atoms with Crippen LogP contribution in [0, 0.1) is 11.8 Å². The van der Waals surface area contributed by atoms with E-state index < -0.39 is 0 Å². The maximum atomic E-state index is 12.2. The summed E-state index contributed by atoms with van der Waals surface area (Å²) in [6, 6.07) is 2.08. The Bertz CT molecular complexity index is 422. The van der Waals surface area contributed by atoms with Gasteiger partial charge < -0.3 is 10.2 Å². The standard InChI is InChI=1S/C14H21N3OS/c1-16(6-11-2-3-19-10-11)14(18)9-17-7-12-4-15-5-13(12)8-17/h2-3,10,12-13,15H,4-9H2,1H3. The summed E-state index contributed by atoms with van der Waals surface area (Å²) >= 11 is 1.68. The van der Waals surface area contributed by atoms with Gasteiger partial charge in [0.25, 0.3) is 0 Å². The summed E-state index contributed by atoms with van der Waals surface area (Å²) in [7, 11) is 1.90. The summed E-state index contributed by atoms with van der Waals surface area (Å²) in [5, 5.41) is 7.59. The summed E-state index contributed by atoms with van der Waals surface area (Å²) < 4.78 is 0. The van der Waals surface area contributed by atoms with Gasteiger partial charge in [-0.1, -0.05) is 0 Å². The molecule has 5 heteroatoms. The Morgan fingerprint density at radius 1 is 1.47 bits per heavy atom. The molecule has 4 nitrogen and oxygen atoms in total. The number of nitrogens with zero attached hydrogens (tertiary/aromatic N) is 2. The van der Waals surface area contributed by atoms with Crippen molar-refractivity contribution in [2.45, 2.75) is 6.54 Å². The number of rotatable bonds is 4. The first-order valence-electron chi connectivity index (χ1n) is 6.90. The molecule has 2 atom stereocenters. The second-order valence-electron chi connectivity index (χ2n) is 5.75. The highest BCUT2D eigenvalue weighted by Crippen LogP contribution is 2.25. The molecule has 0 radical (unpaired) electrons. The van der Waals surface area contributed by atoms with Gasteiger partial charge in [0, 0.05) is 26.7 Å². The Morgan fingerprint density at radius 3 is 2.84 bits per heavy atom. The Morgan fingerprint density at radius 2 is 2.21 bits per heavy atom. The smallest absolute Gasteiger partial charge is 0.236 e. The minimum absolute atomic E-state index is 0.235. The lowest BCUT2D eigenvalue weighted by Crippen LogP contribution is -2.38. The third-order valence-electron chi connectivity index (χ3n) is 4.25. The van der Waals surface area contributed by atoms with Crippen LogP contribution in [0.1, 0.15) is 5.56 Å². The molecule has 2 aliphatic heterocycles. The number of likely N-dealkylation sites (tertiary alicyclic amines) is 1. The van der Waals surface area contributed by atoms with Crippen molar-refractivity contribution < 1.29 is 4.79 Å². The van der Waals surface area contributed by atoms with Gasteiger partial charge in [-0.2, -0.15) is 11.3 Å². The van der Waals surface area contributed by atoms with Crippen LogP contribution in [-0.4, -0.2) is 55.5 Å². The van der Waals surface area contributed by atoms with Crippen LogP contribution in [0.25, 0.3) is 0 Å². The van der Waals surface area contributed by atoms with Gasteiger partial charge in [-0.3, -0.25) is 9.69 Å². The average molecular weight is 279 g/mol. The van der Waals surface area contributed by atoms with E-state index in [4.69, 9.17) is 0 Å². The summed E-state index contributed by atoms with van der Waals surface area (Å²) in [6.07, 6.45) is 0. The predicted molar refractivity (Wildman–Crippen MR) is 77.1 cm³/mol. The number of nitrogens with one attached hydrogen (secondary N) is 1. The van der Waals surface area contributed by atoms with Gasteiger partial charge in [-0.15, -0.1) is 0 Å². The van der Waals surface area contributed by atoms with E-state index in [1.165, 1.54) is 5.56 Å². The zero-order chi connectivity index (χ0) is 13.2. The highest BCUT2D eigenvalue weighted by Gasteiger charge is 2.36. The van der Waals surface area contributed by atoms with Crippen molar-refractivity contribution in [2.75, 3.05) is 39.8 Å². The zero-order valence-corrected chi connectivity index (χ0v) is 12.2. The van der Waals surface area contributed by atoms with Crippen LogP contribution in [0.2, 0.25) is 0 Å². The number of amides is 1. The maximum absolute atomic E-state index is 12.2. The first-order valence-corrected chi connectivity index (χ1v) is 7.85. The van der Waals surface area contributed by atoms with Crippen LogP contribution in [0.15, 0.2) is 16.8 Å². The Kier molecular flexibility index (Phi) is 3.86. The number of likely N-dealkylation sites (N-methyl/N-ethyl adjacent to an activating group) is 1. The van der Waals surface area contributed by atoms with E-state index in [-0.39, 0.29) is 5.91 Å². The van der Waals surface area contributed by atoms with Crippen LogP contribution < -0.4 is 5.32 Å². The van der Waals surface area contributed by atoms with E-state index in [1.807, 2.05) is 11.9 Å². The number of fused-ring (bicyclic) bond motifs is 1. The minimum atomic E-state index is 0.235. The number of carbonyl (C=O) groups is 1. The lowest BCUT2D eigenvalue weighted by atomic mass is 10.0. The largest absolute Gasteiger partial charge is 0.340 e. The summed E-state index contributed by atoms with van der Waals surface area (Å²) in [5.74, 6) is 1.75. The molecular formula is C14H21N3OS. The third kappa shape index (κ3) is 2.99. The van der Waals surface area contributed by atoms with E-state index >= 15 is 0 Å². The Hall–Kier alpha value is -0.910. The van der Waals surface area contributed by atoms with Crippen molar-refractivity contribution in [3.63, 3.8) is 0 Å². The van der Waals surface area contributed by atoms with Gasteiger partial charge in [0.15, 0.2) is 0 Å². The molecule has 1 aromatic rings. The molecule has 19 heavy (non-hydrogen) atoms. The van der Waals surface area contributed by atoms with E-state index in [0.717, 1.165) is 44.6 Å². The molecule has 0 bridgehead atoms. The van der Waals surface area contributed by atoms with Crippen LogP contribution in [-0.2, 0) is 11.3 Å². The number of thiophene rings is 1. The van der Waals surface area contributed by atoms with Crippen molar-refractivity contribution in [1.29, 1.82) is 0 Å². The van der Waals surface area contributed by atoms with E-state index in [1.54, 1.807) is 11.3 Å². The molecule has 3 rings (SSSR count). The monoisotopic (exact) mass is 279 g/mol. The van der Waals surface area contributed by atoms with Crippen LogP contribution in [0.4, 0.5) is 0 Å². The number of hydrogen-bond acceptors (Lipinski definition) is 4. The quantitative estimate of drug-likeness (QED) is 0.888. The van der Waals surface area contributed by atoms with Crippen molar-refractivity contribution in [3.05, 3.63) is 22.4 Å². The maximum Gasteiger partial charge on any atom is 0.236 e. The first-order chi connectivity index (χ1) is 9.22. The third-order valence-corrected chi connectivity index (χ3v) is 4.98. The first kappa shape index (κ1) is 13.1. The summed E-state index contributed by atoms with van der Waals surface area (Å²) in [5.41, 5.74) is 1.23. The fraction of sp³-hybridized carbons (Fsp3) is 0.643. The topological polar surface area (TPSA) is 35.6 Å². The van der Waals surface area contributed by atoms with Crippen molar-refractivity contribution in [2.24, 2.45) is 11.8 Å². The SMILES string of the molecule is CN(Cc1ccsc1)C(=O)CN1CC2CNCC2C1. The molecule has 1 aromatic heterocycles. The molecule has 0 aromatic carbocycles. The lowest BCUT2D eigenvalue weighted by Gasteiger charge is -2.21. The predicted octanol–water partition coefficient (Wildman–Crippen LogP) is 0.858. The molecule has 0 saturated carbocycles. The molecule has 2 saturated heterocycles. The molecule has 2 unspecified atom stereocenters. The molecule has 2 aliphatic rings. The second kappa shape index (κ2) is 5.61. The molecule has 1 amide bonds. The molecule has 3 heterocycles. The highest BCUT2D eigenvalue weighted by atomic mass is 32.1. The van der Waals surface area contributed by atoms with E-state index in [2.05, 4.69) is 27.0 Å². The minimum Gasteiger partial charge on any atom is -0.340 e. The number of hydrogen-bond donors (Lipinski definition) is 1. The van der Waals surface area contributed by atoms with Gasteiger partial charge in [-0.25, -0.2) is 0 Å². The van der Waals surface area contributed by atoms with Gasteiger partial charge in [0.1, 0.15) is 0 Å². The fourth-order valence-electron chi connectivity index (χ4n) is 3.14. The molecule has 0 spiro atoms. The fourth-order valence-corrected chi connectivity index (χ4v) is 3.80. The Balaban J connectivity index is 1.48. The average Bonchev–Trinajstić information content (AvgIpc) is 3.04. The molecule has 2 fully saturated rings. The van der Waals surface area contributed by atoms with Crippen molar-refractivity contribution >= 4 is 17.2 Å². The van der Waals surface area contributed by atoms with Crippen LogP contribution in [0.5, 0.6) is 0 Å². The zero-order valence-electron chi connectivity index (χ0n) is 11.3. The molecule has 0 aliphatic carbocycles. The van der Waals surface area contributed by atoms with Crippen LogP contribution >= 0.6 is 11.3 Å². The number of carbonyl (C=O) groups excluding carboxylic acids is 1. The van der Waals surface area contributed by atoms with Crippen LogP contribution in [0.3, 0.4) is 0 Å². The lowest BCUT2D eigenvalue weighted by molar-refractivity contribution is -0.131. The van der Waals surface area contributed by atoms with Crippen molar-refractivity contribution in [1.82, 2.24) is 15.1 Å².